The van der Waals surface area contributed by atoms with Crippen LogP contribution in [0.2, 0.25) is 0 Å². The number of nitrogens with zero attached hydrogens (tertiary/aromatic N) is 1. The second-order valence-corrected chi connectivity index (χ2v) is 7.16. The van der Waals surface area contributed by atoms with Crippen molar-refractivity contribution >= 4 is 15.9 Å². The van der Waals surface area contributed by atoms with Crippen LogP contribution < -0.4 is 5.73 Å². The van der Waals surface area contributed by atoms with Gasteiger partial charge in [-0.3, -0.25) is 0 Å². The second-order valence-electron chi connectivity index (χ2n) is 6.31. The number of rotatable bonds is 1. The van der Waals surface area contributed by atoms with E-state index in [1.165, 1.54) is 6.07 Å². The Balaban J connectivity index is 2.19. The Morgan fingerprint density at radius 1 is 1.35 bits per heavy atom. The van der Waals surface area contributed by atoms with Crippen molar-refractivity contribution in [3.8, 4) is 5.69 Å². The van der Waals surface area contributed by atoms with Crippen LogP contribution in [0.3, 0.4) is 0 Å². The monoisotopic (exact) mass is 336 g/mol. The van der Waals surface area contributed by atoms with Gasteiger partial charge in [-0.05, 0) is 57.9 Å². The zero-order valence-electron chi connectivity index (χ0n) is 11.7. The highest BCUT2D eigenvalue weighted by molar-refractivity contribution is 9.10. The predicted octanol–water partition coefficient (Wildman–Crippen LogP) is 4.35. The van der Waals surface area contributed by atoms with Crippen LogP contribution in [0.25, 0.3) is 5.69 Å². The molecule has 1 aromatic heterocycles. The van der Waals surface area contributed by atoms with Crippen LogP contribution in [-0.2, 0) is 6.42 Å². The van der Waals surface area contributed by atoms with Crippen LogP contribution in [0.4, 0.5) is 4.39 Å². The largest absolute Gasteiger partial charge is 0.324 e. The van der Waals surface area contributed by atoms with Crippen LogP contribution >= 0.6 is 15.9 Å². The van der Waals surface area contributed by atoms with Gasteiger partial charge in [-0.15, -0.1) is 0 Å². The first-order valence-electron chi connectivity index (χ1n) is 6.79. The van der Waals surface area contributed by atoms with Gasteiger partial charge < -0.3 is 10.3 Å². The normalized spacial score (nSPS) is 20.8. The molecule has 4 heteroatoms. The van der Waals surface area contributed by atoms with Crippen molar-refractivity contribution in [1.82, 2.24) is 4.57 Å². The lowest BCUT2D eigenvalue weighted by Crippen LogP contribution is -2.30. The maximum absolute atomic E-state index is 14.2. The van der Waals surface area contributed by atoms with Crippen LogP contribution in [0, 0.1) is 11.2 Å². The van der Waals surface area contributed by atoms with Gasteiger partial charge in [0.15, 0.2) is 0 Å². The number of hydrogen-bond acceptors (Lipinski definition) is 1. The molecule has 0 amide bonds. The zero-order valence-corrected chi connectivity index (χ0v) is 13.2. The molecule has 2 aromatic rings. The molecule has 2 nitrogen and oxygen atoms in total. The van der Waals surface area contributed by atoms with Crippen molar-refractivity contribution in [3.63, 3.8) is 0 Å². The van der Waals surface area contributed by atoms with E-state index in [1.807, 2.05) is 22.9 Å². The summed E-state index contributed by atoms with van der Waals surface area (Å²) in [7, 11) is 0. The first-order chi connectivity index (χ1) is 9.39. The summed E-state index contributed by atoms with van der Waals surface area (Å²) in [5.41, 5.74) is 9.24. The summed E-state index contributed by atoms with van der Waals surface area (Å²) in [6.45, 7) is 4.42. The van der Waals surface area contributed by atoms with Crippen LogP contribution in [0.5, 0.6) is 0 Å². The maximum atomic E-state index is 14.2. The van der Waals surface area contributed by atoms with Gasteiger partial charge in [-0.25, -0.2) is 4.39 Å². The van der Waals surface area contributed by atoms with Crippen LogP contribution in [-0.4, -0.2) is 4.57 Å². The van der Waals surface area contributed by atoms with Crippen molar-refractivity contribution in [1.29, 1.82) is 0 Å². The minimum absolute atomic E-state index is 0.0283. The Labute approximate surface area is 126 Å². The topological polar surface area (TPSA) is 30.9 Å². The Morgan fingerprint density at radius 3 is 2.80 bits per heavy atom. The van der Waals surface area contributed by atoms with E-state index in [9.17, 15) is 4.39 Å². The number of fused-ring (bicyclic) bond motifs is 1. The average molecular weight is 337 g/mol. The first kappa shape index (κ1) is 13.8. The van der Waals surface area contributed by atoms with Crippen LogP contribution in [0.15, 0.2) is 34.9 Å². The van der Waals surface area contributed by atoms with Gasteiger partial charge >= 0.3 is 0 Å². The Bertz CT molecular complexity index is 640. The molecule has 0 bridgehead atoms. The first-order valence-corrected chi connectivity index (χ1v) is 7.58. The Hall–Kier alpha value is -1.13. The minimum Gasteiger partial charge on any atom is -0.324 e. The molecule has 0 spiro atoms. The highest BCUT2D eigenvalue weighted by atomic mass is 79.9. The number of benzene rings is 1. The summed E-state index contributed by atoms with van der Waals surface area (Å²) >= 11 is 3.45. The molecule has 106 valence electrons. The molecule has 0 saturated heterocycles. The fraction of sp³-hybridized carbons (Fsp3) is 0.375. The second kappa shape index (κ2) is 4.71. The van der Waals surface area contributed by atoms with Gasteiger partial charge in [0.25, 0.3) is 0 Å². The van der Waals surface area contributed by atoms with E-state index in [0.717, 1.165) is 28.6 Å². The van der Waals surface area contributed by atoms with E-state index in [-0.39, 0.29) is 17.3 Å². The fourth-order valence-electron chi connectivity index (χ4n) is 3.16. The third-order valence-electron chi connectivity index (χ3n) is 4.02. The predicted molar refractivity (Wildman–Crippen MR) is 82.5 cm³/mol. The van der Waals surface area contributed by atoms with E-state index in [2.05, 4.69) is 29.8 Å². The van der Waals surface area contributed by atoms with Gasteiger partial charge in [-0.1, -0.05) is 19.9 Å². The molecular weight excluding hydrogens is 319 g/mol. The van der Waals surface area contributed by atoms with Gasteiger partial charge in [-0.2, -0.15) is 0 Å². The number of aromatic nitrogens is 1. The lowest BCUT2D eigenvalue weighted by molar-refractivity contribution is 0.278. The zero-order chi connectivity index (χ0) is 14.5. The summed E-state index contributed by atoms with van der Waals surface area (Å²) in [4.78, 5) is 0. The smallest absolute Gasteiger partial charge is 0.148 e. The lowest BCUT2D eigenvalue weighted by Gasteiger charge is -2.34. The highest BCUT2D eigenvalue weighted by Crippen LogP contribution is 2.41. The van der Waals surface area contributed by atoms with Gasteiger partial charge in [0.1, 0.15) is 5.82 Å². The molecule has 2 N–H and O–H groups in total. The minimum atomic E-state index is -0.227. The SMILES string of the molecule is CC1(C)Cc2c(ccn2-c2c(F)cccc2Br)C(N)C1. The number of halogens is 2. The summed E-state index contributed by atoms with van der Waals surface area (Å²) in [6.07, 6.45) is 3.79. The molecule has 1 aliphatic carbocycles. The average Bonchev–Trinajstić information content (AvgIpc) is 2.71. The fourth-order valence-corrected chi connectivity index (χ4v) is 3.70. The molecule has 1 heterocycles. The Morgan fingerprint density at radius 2 is 2.10 bits per heavy atom. The van der Waals surface area contributed by atoms with Crippen molar-refractivity contribution in [3.05, 3.63) is 52.0 Å². The molecule has 1 atom stereocenters. The van der Waals surface area contributed by atoms with Crippen molar-refractivity contribution in [2.45, 2.75) is 32.7 Å². The molecule has 0 radical (unpaired) electrons. The van der Waals surface area contributed by atoms with Gasteiger partial charge in [0.05, 0.1) is 5.69 Å². The van der Waals surface area contributed by atoms with E-state index in [1.54, 1.807) is 6.07 Å². The van der Waals surface area contributed by atoms with Crippen LogP contribution in [0.1, 0.15) is 37.6 Å². The summed E-state index contributed by atoms with van der Waals surface area (Å²) in [5, 5.41) is 0. The molecule has 3 rings (SSSR count). The van der Waals surface area contributed by atoms with E-state index < -0.39 is 0 Å². The van der Waals surface area contributed by atoms with E-state index >= 15 is 0 Å². The quantitative estimate of drug-likeness (QED) is 0.824. The molecule has 0 aliphatic heterocycles. The molecule has 1 aromatic carbocycles. The summed E-state index contributed by atoms with van der Waals surface area (Å²) in [5.74, 6) is -0.227. The van der Waals surface area contributed by atoms with E-state index in [0.29, 0.717) is 5.69 Å². The summed E-state index contributed by atoms with van der Waals surface area (Å²) in [6, 6.07) is 7.10. The molecular formula is C16H18BrFN2. The molecule has 20 heavy (non-hydrogen) atoms. The third-order valence-corrected chi connectivity index (χ3v) is 4.66. The number of nitrogens with two attached hydrogens (primary N) is 1. The summed E-state index contributed by atoms with van der Waals surface area (Å²) < 4.78 is 16.9. The standard InChI is InChI=1S/C16H18BrFN2/c1-16(2)8-13(19)10-6-7-20(14(10)9-16)15-11(17)4-3-5-12(15)18/h3-7,13H,8-9,19H2,1-2H3. The maximum Gasteiger partial charge on any atom is 0.148 e. The van der Waals surface area contributed by atoms with Crippen molar-refractivity contribution in [2.24, 2.45) is 11.1 Å². The lowest BCUT2D eigenvalue weighted by atomic mass is 9.74. The molecule has 1 aliphatic rings. The number of hydrogen-bond donors (Lipinski definition) is 1. The van der Waals surface area contributed by atoms with E-state index in [4.69, 9.17) is 5.73 Å². The van der Waals surface area contributed by atoms with Gasteiger partial charge in [0, 0.05) is 22.4 Å². The van der Waals surface area contributed by atoms with Crippen molar-refractivity contribution < 1.29 is 4.39 Å². The molecule has 0 saturated carbocycles. The van der Waals surface area contributed by atoms with Crippen molar-refractivity contribution in [2.75, 3.05) is 0 Å². The molecule has 1 unspecified atom stereocenters. The third kappa shape index (κ3) is 2.21. The van der Waals surface area contributed by atoms with Gasteiger partial charge in [0.2, 0.25) is 0 Å². The Kier molecular flexibility index (Phi) is 3.26. The number of para-hydroxylation sites is 1. The molecule has 0 fully saturated rings. The highest BCUT2D eigenvalue weighted by Gasteiger charge is 2.33.